The Kier molecular flexibility index (Phi) is 6.95. The van der Waals surface area contributed by atoms with E-state index in [4.69, 9.17) is 14.2 Å². The van der Waals surface area contributed by atoms with Gasteiger partial charge in [0, 0.05) is 18.5 Å². The van der Waals surface area contributed by atoms with E-state index in [0.29, 0.717) is 36.5 Å². The zero-order valence-corrected chi connectivity index (χ0v) is 16.6. The number of nitrogens with one attached hydrogen (secondary N) is 1. The van der Waals surface area contributed by atoms with Crippen molar-refractivity contribution in [1.29, 1.82) is 0 Å². The van der Waals surface area contributed by atoms with Crippen molar-refractivity contribution in [1.82, 2.24) is 5.32 Å². The van der Waals surface area contributed by atoms with E-state index in [-0.39, 0.29) is 18.6 Å². The first kappa shape index (κ1) is 20.2. The molecule has 6 nitrogen and oxygen atoms in total. The fourth-order valence-electron chi connectivity index (χ4n) is 3.67. The molecular formula is C22H29NO5. The summed E-state index contributed by atoms with van der Waals surface area (Å²) in [7, 11) is 0. The maximum atomic E-state index is 12.1. The normalized spacial score (nSPS) is 24.4. The third-order valence-corrected chi connectivity index (χ3v) is 5.58. The van der Waals surface area contributed by atoms with Crippen molar-refractivity contribution in [2.24, 2.45) is 11.8 Å². The van der Waals surface area contributed by atoms with Crippen LogP contribution in [0.5, 0.6) is 11.5 Å². The zero-order chi connectivity index (χ0) is 19.9. The number of amides is 1. The van der Waals surface area contributed by atoms with Gasteiger partial charge in [-0.25, -0.2) is 4.79 Å². The minimum absolute atomic E-state index is 0.160. The Morgan fingerprint density at radius 2 is 1.93 bits per heavy atom. The summed E-state index contributed by atoms with van der Waals surface area (Å²) in [6, 6.07) is 5.65. The Morgan fingerprint density at radius 3 is 2.75 bits per heavy atom. The molecule has 28 heavy (non-hydrogen) atoms. The number of rotatable bonds is 5. The van der Waals surface area contributed by atoms with Crippen LogP contribution in [-0.2, 0) is 14.3 Å². The zero-order valence-electron chi connectivity index (χ0n) is 16.6. The summed E-state index contributed by atoms with van der Waals surface area (Å²) in [5.41, 5.74) is 0.802. The molecule has 0 unspecified atom stereocenters. The lowest BCUT2D eigenvalue weighted by molar-refractivity contribution is -0.144. The van der Waals surface area contributed by atoms with Crippen molar-refractivity contribution < 1.29 is 23.8 Å². The van der Waals surface area contributed by atoms with Gasteiger partial charge in [-0.15, -0.1) is 0 Å². The summed E-state index contributed by atoms with van der Waals surface area (Å²) in [5, 5.41) is 3.00. The molecule has 0 spiro atoms. The van der Waals surface area contributed by atoms with Crippen molar-refractivity contribution in [3.8, 4) is 11.5 Å². The number of fused-ring (bicyclic) bond motifs is 1. The Labute approximate surface area is 166 Å². The minimum atomic E-state index is -0.549. The average Bonchev–Trinajstić information content (AvgIpc) is 2.93. The van der Waals surface area contributed by atoms with E-state index < -0.39 is 5.97 Å². The molecule has 1 fully saturated rings. The Bertz CT molecular complexity index is 730. The number of ether oxygens (including phenoxy) is 3. The van der Waals surface area contributed by atoms with Gasteiger partial charge in [0.25, 0.3) is 5.91 Å². The smallest absolute Gasteiger partial charge is 0.331 e. The van der Waals surface area contributed by atoms with Gasteiger partial charge in [-0.1, -0.05) is 32.8 Å². The molecule has 3 atom stereocenters. The van der Waals surface area contributed by atoms with Gasteiger partial charge in [-0.3, -0.25) is 4.79 Å². The number of hydrogen-bond acceptors (Lipinski definition) is 5. The number of hydrogen-bond donors (Lipinski definition) is 1. The van der Waals surface area contributed by atoms with Gasteiger partial charge in [-0.2, -0.15) is 0 Å². The van der Waals surface area contributed by atoms with E-state index in [0.717, 1.165) is 24.8 Å². The largest absolute Gasteiger partial charge is 0.490 e. The van der Waals surface area contributed by atoms with Crippen LogP contribution in [0.1, 0.15) is 45.1 Å². The fourth-order valence-corrected chi connectivity index (χ4v) is 3.67. The highest BCUT2D eigenvalue weighted by atomic mass is 16.5. The lowest BCUT2D eigenvalue weighted by Crippen LogP contribution is -2.45. The summed E-state index contributed by atoms with van der Waals surface area (Å²) in [5.74, 6) is 1.62. The van der Waals surface area contributed by atoms with Crippen molar-refractivity contribution in [2.75, 3.05) is 19.8 Å². The summed E-state index contributed by atoms with van der Waals surface area (Å²) >= 11 is 0. The maximum absolute atomic E-state index is 12.1. The van der Waals surface area contributed by atoms with E-state index in [9.17, 15) is 9.59 Å². The van der Waals surface area contributed by atoms with Gasteiger partial charge >= 0.3 is 5.97 Å². The Morgan fingerprint density at radius 1 is 1.14 bits per heavy atom. The predicted molar refractivity (Wildman–Crippen MR) is 106 cm³/mol. The van der Waals surface area contributed by atoms with E-state index in [1.807, 2.05) is 18.2 Å². The van der Waals surface area contributed by atoms with Crippen LogP contribution in [-0.4, -0.2) is 37.7 Å². The third kappa shape index (κ3) is 5.50. The molecule has 1 saturated carbocycles. The number of carbonyl (C=O) groups excluding carboxylic acids is 2. The highest BCUT2D eigenvalue weighted by Crippen LogP contribution is 2.31. The predicted octanol–water partition coefficient (Wildman–Crippen LogP) is 3.35. The van der Waals surface area contributed by atoms with Gasteiger partial charge in [0.05, 0.1) is 13.2 Å². The third-order valence-electron chi connectivity index (χ3n) is 5.58. The highest BCUT2D eigenvalue weighted by Gasteiger charge is 2.28. The molecule has 1 heterocycles. The number of esters is 1. The van der Waals surface area contributed by atoms with Crippen molar-refractivity contribution in [3.05, 3.63) is 29.8 Å². The molecule has 152 valence electrons. The molecule has 0 saturated heterocycles. The molecular weight excluding hydrogens is 358 g/mol. The van der Waals surface area contributed by atoms with E-state index in [1.54, 1.807) is 6.08 Å². The topological polar surface area (TPSA) is 73.9 Å². The first-order chi connectivity index (χ1) is 13.5. The quantitative estimate of drug-likeness (QED) is 0.620. The summed E-state index contributed by atoms with van der Waals surface area (Å²) in [6.07, 6.45) is 7.10. The van der Waals surface area contributed by atoms with E-state index in [2.05, 4.69) is 19.2 Å². The lowest BCUT2D eigenvalue weighted by atomic mass is 9.78. The van der Waals surface area contributed by atoms with E-state index in [1.165, 1.54) is 12.5 Å². The Hall–Kier alpha value is -2.50. The fraction of sp³-hybridized carbons (Fsp3) is 0.545. The molecule has 3 rings (SSSR count). The molecule has 0 bridgehead atoms. The molecule has 1 aromatic carbocycles. The summed E-state index contributed by atoms with van der Waals surface area (Å²) in [6.45, 7) is 5.36. The van der Waals surface area contributed by atoms with Crippen molar-refractivity contribution >= 4 is 18.0 Å². The molecule has 1 aromatic rings. The second-order valence-corrected chi connectivity index (χ2v) is 7.64. The first-order valence-corrected chi connectivity index (χ1v) is 10.1. The van der Waals surface area contributed by atoms with Crippen LogP contribution in [0.3, 0.4) is 0 Å². The van der Waals surface area contributed by atoms with Crippen LogP contribution in [0.15, 0.2) is 24.3 Å². The van der Waals surface area contributed by atoms with Crippen LogP contribution in [0, 0.1) is 11.8 Å². The molecule has 0 radical (unpaired) electrons. The van der Waals surface area contributed by atoms with Crippen molar-refractivity contribution in [2.45, 2.75) is 45.6 Å². The molecule has 6 heteroatoms. The van der Waals surface area contributed by atoms with E-state index >= 15 is 0 Å². The highest BCUT2D eigenvalue weighted by molar-refractivity contribution is 5.89. The van der Waals surface area contributed by atoms with Gasteiger partial charge in [-0.05, 0) is 42.0 Å². The average molecular weight is 387 g/mol. The van der Waals surface area contributed by atoms with Gasteiger partial charge in [0.1, 0.15) is 0 Å². The van der Waals surface area contributed by atoms with Gasteiger partial charge in [0.15, 0.2) is 18.1 Å². The number of benzene rings is 1. The van der Waals surface area contributed by atoms with Gasteiger partial charge < -0.3 is 19.5 Å². The monoisotopic (exact) mass is 387 g/mol. The number of carbonyl (C=O) groups is 2. The molecule has 0 aromatic heterocycles. The molecule has 1 aliphatic carbocycles. The summed E-state index contributed by atoms with van der Waals surface area (Å²) in [4.78, 5) is 24.0. The second kappa shape index (κ2) is 9.62. The first-order valence-electron chi connectivity index (χ1n) is 10.1. The standard InChI is InChI=1S/C22H29NO5/c1-15-5-3-6-18(16(15)2)23-21(24)14-28-22(25)10-8-17-7-9-19-20(13-17)27-12-4-11-26-19/h7-10,13,15-16,18H,3-6,11-12,14H2,1-2H3,(H,23,24)/b10-8+/t15-,16+,18+/m0/s1. The minimum Gasteiger partial charge on any atom is -0.490 e. The maximum Gasteiger partial charge on any atom is 0.331 e. The SMILES string of the molecule is C[C@@H]1[C@@H](C)CCC[C@H]1NC(=O)COC(=O)/C=C/c1ccc2c(c1)OCCCO2. The molecule has 2 aliphatic rings. The van der Waals surface area contributed by atoms with Crippen molar-refractivity contribution in [3.63, 3.8) is 0 Å². The van der Waals surface area contributed by atoms with Gasteiger partial charge in [0.2, 0.25) is 0 Å². The lowest BCUT2D eigenvalue weighted by Gasteiger charge is -2.34. The Balaban J connectivity index is 1.46. The molecule has 1 N–H and O–H groups in total. The van der Waals surface area contributed by atoms with Crippen LogP contribution in [0.2, 0.25) is 0 Å². The van der Waals surface area contributed by atoms with Crippen LogP contribution in [0.4, 0.5) is 0 Å². The molecule has 1 aliphatic heterocycles. The van der Waals surface area contributed by atoms with Crippen LogP contribution in [0.25, 0.3) is 6.08 Å². The van der Waals surface area contributed by atoms with Crippen LogP contribution >= 0.6 is 0 Å². The summed E-state index contributed by atoms with van der Waals surface area (Å²) < 4.78 is 16.3. The second-order valence-electron chi connectivity index (χ2n) is 7.64. The van der Waals surface area contributed by atoms with Crippen LogP contribution < -0.4 is 14.8 Å². The molecule has 1 amide bonds.